The number of aromatic amines is 1. The maximum atomic E-state index is 12.2. The van der Waals surface area contributed by atoms with Crippen molar-refractivity contribution in [3.8, 4) is 0 Å². The highest BCUT2D eigenvalue weighted by atomic mass is 32.1. The molecule has 23 heavy (non-hydrogen) atoms. The third-order valence-corrected chi connectivity index (χ3v) is 4.53. The van der Waals surface area contributed by atoms with Crippen molar-refractivity contribution in [2.75, 3.05) is 5.73 Å². The minimum Gasteiger partial charge on any atom is -0.480 e. The molecule has 0 saturated carbocycles. The summed E-state index contributed by atoms with van der Waals surface area (Å²) in [7, 11) is 0. The van der Waals surface area contributed by atoms with E-state index in [0.717, 1.165) is 16.5 Å². The summed E-state index contributed by atoms with van der Waals surface area (Å²) in [4.78, 5) is 27.1. The Morgan fingerprint density at radius 3 is 2.78 bits per heavy atom. The monoisotopic (exact) mass is 329 g/mol. The van der Waals surface area contributed by atoms with Gasteiger partial charge in [0.1, 0.15) is 10.9 Å². The van der Waals surface area contributed by atoms with Crippen LogP contribution in [0.2, 0.25) is 0 Å². The minimum absolute atomic E-state index is 0.191. The molecule has 3 aromatic rings. The molecule has 0 fully saturated rings. The Hall–Kier alpha value is -2.80. The lowest BCUT2D eigenvalue weighted by atomic mass is 10.0. The number of rotatable bonds is 5. The molecular weight excluding hydrogens is 314 g/mol. The van der Waals surface area contributed by atoms with Gasteiger partial charge in [-0.1, -0.05) is 18.2 Å². The fraction of sp³-hybridized carbons (Fsp3) is 0.125. The highest BCUT2D eigenvalue weighted by molar-refractivity contribution is 7.12. The number of carboxylic acids is 1. The van der Waals surface area contributed by atoms with Crippen LogP contribution in [-0.4, -0.2) is 28.0 Å². The fourth-order valence-electron chi connectivity index (χ4n) is 2.45. The van der Waals surface area contributed by atoms with E-state index in [1.807, 2.05) is 24.3 Å². The summed E-state index contributed by atoms with van der Waals surface area (Å²) < 4.78 is 0. The summed E-state index contributed by atoms with van der Waals surface area (Å²) in [6.45, 7) is 0. The van der Waals surface area contributed by atoms with Crippen molar-refractivity contribution in [3.63, 3.8) is 0 Å². The van der Waals surface area contributed by atoms with Gasteiger partial charge in [-0.3, -0.25) is 4.79 Å². The van der Waals surface area contributed by atoms with Crippen LogP contribution in [0.4, 0.5) is 5.69 Å². The molecule has 0 bridgehead atoms. The van der Waals surface area contributed by atoms with Gasteiger partial charge in [0.15, 0.2) is 0 Å². The van der Waals surface area contributed by atoms with E-state index in [1.165, 1.54) is 11.3 Å². The molecule has 2 heterocycles. The van der Waals surface area contributed by atoms with E-state index in [2.05, 4.69) is 10.3 Å². The number of carbonyl (C=O) groups is 2. The van der Waals surface area contributed by atoms with Crippen LogP contribution >= 0.6 is 11.3 Å². The zero-order valence-corrected chi connectivity index (χ0v) is 12.9. The van der Waals surface area contributed by atoms with Gasteiger partial charge in [-0.25, -0.2) is 4.79 Å². The molecule has 0 saturated heterocycles. The molecule has 0 aliphatic carbocycles. The smallest absolute Gasteiger partial charge is 0.326 e. The number of H-pyrrole nitrogens is 1. The van der Waals surface area contributed by atoms with Gasteiger partial charge in [-0.05, 0) is 23.1 Å². The number of benzene rings is 1. The number of nitrogens with one attached hydrogen (secondary N) is 2. The van der Waals surface area contributed by atoms with E-state index in [9.17, 15) is 14.7 Å². The van der Waals surface area contributed by atoms with E-state index >= 15 is 0 Å². The SMILES string of the molecule is Nc1ccsc1C(=O)N[C@@H](Cc1c[nH]c2ccccc12)C(=O)O. The summed E-state index contributed by atoms with van der Waals surface area (Å²) in [6, 6.07) is 8.22. The first kappa shape index (κ1) is 15.1. The van der Waals surface area contributed by atoms with Crippen LogP contribution in [-0.2, 0) is 11.2 Å². The number of hydrogen-bond acceptors (Lipinski definition) is 4. The van der Waals surface area contributed by atoms with E-state index < -0.39 is 17.9 Å². The lowest BCUT2D eigenvalue weighted by Gasteiger charge is -2.14. The van der Waals surface area contributed by atoms with Crippen LogP contribution < -0.4 is 11.1 Å². The molecule has 0 spiro atoms. The van der Waals surface area contributed by atoms with Crippen molar-refractivity contribution >= 4 is 39.8 Å². The molecule has 1 aromatic carbocycles. The zero-order chi connectivity index (χ0) is 16.4. The van der Waals surface area contributed by atoms with Crippen molar-refractivity contribution in [3.05, 3.63) is 52.3 Å². The zero-order valence-electron chi connectivity index (χ0n) is 12.1. The molecule has 5 N–H and O–H groups in total. The molecule has 0 radical (unpaired) electrons. The third-order valence-electron chi connectivity index (χ3n) is 3.60. The minimum atomic E-state index is -1.08. The molecule has 1 amide bonds. The topological polar surface area (TPSA) is 108 Å². The number of carboxylic acid groups (broad SMARTS) is 1. The number of anilines is 1. The number of aromatic nitrogens is 1. The van der Waals surface area contributed by atoms with Crippen LogP contribution in [0.1, 0.15) is 15.2 Å². The molecule has 7 heteroatoms. The Balaban J connectivity index is 1.81. The standard InChI is InChI=1S/C16H15N3O3S/c17-11-5-6-23-14(11)15(20)19-13(16(21)22)7-9-8-18-12-4-2-1-3-10(9)12/h1-6,8,13,18H,7,17H2,(H,19,20)(H,21,22)/t13-/m0/s1. The van der Waals surface area contributed by atoms with Crippen LogP contribution in [0, 0.1) is 0 Å². The molecule has 0 aliphatic heterocycles. The normalized spacial score (nSPS) is 12.2. The Labute approximate surface area is 135 Å². The van der Waals surface area contributed by atoms with Gasteiger partial charge >= 0.3 is 5.97 Å². The van der Waals surface area contributed by atoms with E-state index in [-0.39, 0.29) is 6.42 Å². The summed E-state index contributed by atoms with van der Waals surface area (Å²) in [5, 5.41) is 14.6. The molecular formula is C16H15N3O3S. The second-order valence-corrected chi connectivity index (χ2v) is 6.05. The highest BCUT2D eigenvalue weighted by Crippen LogP contribution is 2.21. The van der Waals surface area contributed by atoms with E-state index in [1.54, 1.807) is 17.6 Å². The summed E-state index contributed by atoms with van der Waals surface area (Å²) in [6.07, 6.45) is 1.96. The van der Waals surface area contributed by atoms with Crippen LogP contribution in [0.3, 0.4) is 0 Å². The number of amides is 1. The van der Waals surface area contributed by atoms with Crippen molar-refractivity contribution in [1.29, 1.82) is 0 Å². The lowest BCUT2D eigenvalue weighted by molar-refractivity contribution is -0.139. The van der Waals surface area contributed by atoms with Crippen LogP contribution in [0.5, 0.6) is 0 Å². The Morgan fingerprint density at radius 2 is 2.09 bits per heavy atom. The number of aliphatic carboxylic acids is 1. The van der Waals surface area contributed by atoms with E-state index in [0.29, 0.717) is 10.6 Å². The highest BCUT2D eigenvalue weighted by Gasteiger charge is 2.23. The van der Waals surface area contributed by atoms with Crippen molar-refractivity contribution < 1.29 is 14.7 Å². The van der Waals surface area contributed by atoms with Gasteiger partial charge in [0, 0.05) is 23.5 Å². The number of thiophene rings is 1. The lowest BCUT2D eigenvalue weighted by Crippen LogP contribution is -2.42. The van der Waals surface area contributed by atoms with Gasteiger partial charge in [-0.15, -0.1) is 11.3 Å². The second-order valence-electron chi connectivity index (χ2n) is 5.13. The Morgan fingerprint density at radius 1 is 1.30 bits per heavy atom. The fourth-order valence-corrected chi connectivity index (χ4v) is 3.17. The Bertz CT molecular complexity index is 868. The van der Waals surface area contributed by atoms with Gasteiger partial charge in [0.2, 0.25) is 0 Å². The summed E-state index contributed by atoms with van der Waals surface area (Å²) >= 11 is 1.19. The first-order chi connectivity index (χ1) is 11.1. The number of hydrogen-bond donors (Lipinski definition) is 4. The Kier molecular flexibility index (Phi) is 4.03. The molecule has 0 unspecified atom stereocenters. The molecule has 3 rings (SSSR count). The van der Waals surface area contributed by atoms with E-state index in [4.69, 9.17) is 5.73 Å². The predicted molar refractivity (Wildman–Crippen MR) is 89.6 cm³/mol. The molecule has 6 nitrogen and oxygen atoms in total. The molecule has 1 atom stereocenters. The van der Waals surface area contributed by atoms with Crippen molar-refractivity contribution in [1.82, 2.24) is 10.3 Å². The second kappa shape index (κ2) is 6.13. The first-order valence-electron chi connectivity index (χ1n) is 6.98. The summed E-state index contributed by atoms with van der Waals surface area (Å²) in [5.74, 6) is -1.55. The van der Waals surface area contributed by atoms with Gasteiger partial charge in [-0.2, -0.15) is 0 Å². The van der Waals surface area contributed by atoms with Crippen LogP contribution in [0.25, 0.3) is 10.9 Å². The quantitative estimate of drug-likeness (QED) is 0.575. The number of carbonyl (C=O) groups excluding carboxylic acids is 1. The predicted octanol–water partition coefficient (Wildman–Crippen LogP) is 2.24. The third kappa shape index (κ3) is 3.04. The maximum absolute atomic E-state index is 12.2. The average molecular weight is 329 g/mol. The largest absolute Gasteiger partial charge is 0.480 e. The van der Waals surface area contributed by atoms with Gasteiger partial charge in [0.05, 0.1) is 5.69 Å². The summed E-state index contributed by atoms with van der Waals surface area (Å²) in [5.41, 5.74) is 7.82. The number of para-hydroxylation sites is 1. The molecule has 0 aliphatic rings. The van der Waals surface area contributed by atoms with Gasteiger partial charge in [0.25, 0.3) is 5.91 Å². The number of nitrogens with two attached hydrogens (primary N) is 1. The first-order valence-corrected chi connectivity index (χ1v) is 7.86. The number of nitrogen functional groups attached to an aromatic ring is 1. The van der Waals surface area contributed by atoms with Gasteiger partial charge < -0.3 is 21.1 Å². The average Bonchev–Trinajstić information content (AvgIpc) is 3.13. The molecule has 118 valence electrons. The van der Waals surface area contributed by atoms with Crippen molar-refractivity contribution in [2.45, 2.75) is 12.5 Å². The van der Waals surface area contributed by atoms with Crippen LogP contribution in [0.15, 0.2) is 41.9 Å². The van der Waals surface area contributed by atoms with Crippen molar-refractivity contribution in [2.24, 2.45) is 0 Å². The number of fused-ring (bicyclic) bond motifs is 1. The molecule has 2 aromatic heterocycles. The maximum Gasteiger partial charge on any atom is 0.326 e.